The van der Waals surface area contributed by atoms with Gasteiger partial charge in [0.05, 0.1) is 11.4 Å². The summed E-state index contributed by atoms with van der Waals surface area (Å²) < 4.78 is 6.78. The van der Waals surface area contributed by atoms with Crippen molar-refractivity contribution in [2.75, 3.05) is 7.11 Å². The molecule has 1 N–H and O–H groups in total. The second-order valence-electron chi connectivity index (χ2n) is 3.75. The van der Waals surface area contributed by atoms with Crippen molar-refractivity contribution in [3.8, 4) is 0 Å². The summed E-state index contributed by atoms with van der Waals surface area (Å²) in [6.45, 7) is 0.604. The second-order valence-corrected chi connectivity index (χ2v) is 4.19. The zero-order chi connectivity index (χ0) is 13.1. The van der Waals surface area contributed by atoms with E-state index in [1.807, 2.05) is 0 Å². The quantitative estimate of drug-likeness (QED) is 0.894. The van der Waals surface area contributed by atoms with Crippen LogP contribution < -0.4 is 0 Å². The standard InChI is InChI=1S/C11H12ClN3O3/c1-18-6-9-14-8-4-7(12)5-13-11(8)15(9)3-2-10(16)17/h4-5H,2-3,6H2,1H3,(H,16,17). The number of carboxylic acids is 1. The van der Waals surface area contributed by atoms with Crippen LogP contribution in [0, 0.1) is 0 Å². The van der Waals surface area contributed by atoms with Crippen LogP contribution in [0.2, 0.25) is 5.02 Å². The van der Waals surface area contributed by atoms with Crippen LogP contribution >= 0.6 is 11.6 Å². The largest absolute Gasteiger partial charge is 0.481 e. The molecule has 0 unspecified atom stereocenters. The lowest BCUT2D eigenvalue weighted by molar-refractivity contribution is -0.137. The molecule has 0 saturated heterocycles. The highest BCUT2D eigenvalue weighted by Crippen LogP contribution is 2.18. The van der Waals surface area contributed by atoms with Crippen molar-refractivity contribution >= 4 is 28.7 Å². The summed E-state index contributed by atoms with van der Waals surface area (Å²) in [5.41, 5.74) is 1.26. The summed E-state index contributed by atoms with van der Waals surface area (Å²) in [5, 5.41) is 9.24. The molecule has 7 heteroatoms. The first-order valence-corrected chi connectivity index (χ1v) is 5.71. The third kappa shape index (κ3) is 2.60. The summed E-state index contributed by atoms with van der Waals surface area (Å²) in [7, 11) is 1.56. The number of nitrogens with zero attached hydrogens (tertiary/aromatic N) is 3. The van der Waals surface area contributed by atoms with E-state index in [9.17, 15) is 4.79 Å². The lowest BCUT2D eigenvalue weighted by atomic mass is 10.4. The predicted octanol–water partition coefficient (Wildman–Crippen LogP) is 1.71. The molecule has 0 aliphatic rings. The zero-order valence-corrected chi connectivity index (χ0v) is 10.5. The van der Waals surface area contributed by atoms with Gasteiger partial charge >= 0.3 is 5.97 Å². The molecule has 2 aromatic rings. The molecule has 0 bridgehead atoms. The molecule has 0 spiro atoms. The van der Waals surface area contributed by atoms with E-state index in [0.717, 1.165) is 0 Å². The molecule has 0 aliphatic heterocycles. The lowest BCUT2D eigenvalue weighted by Crippen LogP contribution is -2.09. The molecule has 18 heavy (non-hydrogen) atoms. The van der Waals surface area contributed by atoms with Gasteiger partial charge in [-0.1, -0.05) is 11.6 Å². The number of carboxylic acid groups (broad SMARTS) is 1. The summed E-state index contributed by atoms with van der Waals surface area (Å²) >= 11 is 5.85. The summed E-state index contributed by atoms with van der Waals surface area (Å²) in [6.07, 6.45) is 1.52. The number of halogens is 1. The van der Waals surface area contributed by atoms with Crippen LogP contribution in [0.25, 0.3) is 11.2 Å². The fourth-order valence-electron chi connectivity index (χ4n) is 1.71. The number of methoxy groups -OCH3 is 1. The first kappa shape index (κ1) is 12.8. The van der Waals surface area contributed by atoms with E-state index in [4.69, 9.17) is 21.4 Å². The van der Waals surface area contributed by atoms with E-state index in [1.54, 1.807) is 17.7 Å². The first-order valence-electron chi connectivity index (χ1n) is 5.33. The van der Waals surface area contributed by atoms with Gasteiger partial charge in [0.15, 0.2) is 5.65 Å². The number of carbonyl (C=O) groups is 1. The molecule has 2 heterocycles. The van der Waals surface area contributed by atoms with E-state index in [-0.39, 0.29) is 6.42 Å². The summed E-state index contributed by atoms with van der Waals surface area (Å²) in [4.78, 5) is 19.2. The smallest absolute Gasteiger partial charge is 0.305 e. The monoisotopic (exact) mass is 269 g/mol. The normalized spacial score (nSPS) is 11.0. The van der Waals surface area contributed by atoms with Crippen LogP contribution in [0.5, 0.6) is 0 Å². The van der Waals surface area contributed by atoms with Gasteiger partial charge in [-0.15, -0.1) is 0 Å². The molecule has 0 saturated carbocycles. The molecular weight excluding hydrogens is 258 g/mol. The SMILES string of the molecule is COCc1nc2cc(Cl)cnc2n1CCC(=O)O. The minimum atomic E-state index is -0.866. The Hall–Kier alpha value is -1.66. The van der Waals surface area contributed by atoms with Gasteiger partial charge in [0.1, 0.15) is 17.9 Å². The van der Waals surface area contributed by atoms with Crippen LogP contribution in [0.3, 0.4) is 0 Å². The number of fused-ring (bicyclic) bond motifs is 1. The maximum atomic E-state index is 10.6. The molecule has 0 radical (unpaired) electrons. The Morgan fingerprint density at radius 2 is 2.39 bits per heavy atom. The Morgan fingerprint density at radius 1 is 1.61 bits per heavy atom. The average molecular weight is 270 g/mol. The van der Waals surface area contributed by atoms with Crippen molar-refractivity contribution in [2.45, 2.75) is 19.6 Å². The Labute approximate surface area is 108 Å². The number of rotatable bonds is 5. The van der Waals surface area contributed by atoms with Crippen LogP contribution in [0.15, 0.2) is 12.3 Å². The van der Waals surface area contributed by atoms with Crippen molar-refractivity contribution < 1.29 is 14.6 Å². The highest BCUT2D eigenvalue weighted by molar-refractivity contribution is 6.31. The minimum Gasteiger partial charge on any atom is -0.481 e. The molecule has 0 fully saturated rings. The number of hydrogen-bond donors (Lipinski definition) is 1. The van der Waals surface area contributed by atoms with Crippen LogP contribution in [0.1, 0.15) is 12.2 Å². The Morgan fingerprint density at radius 3 is 3.06 bits per heavy atom. The fraction of sp³-hybridized carbons (Fsp3) is 0.364. The van der Waals surface area contributed by atoms with Crippen molar-refractivity contribution in [3.05, 3.63) is 23.1 Å². The van der Waals surface area contributed by atoms with Crippen LogP contribution in [-0.2, 0) is 22.7 Å². The predicted molar refractivity (Wildman–Crippen MR) is 65.5 cm³/mol. The van der Waals surface area contributed by atoms with Gasteiger partial charge < -0.3 is 14.4 Å². The maximum absolute atomic E-state index is 10.6. The number of pyridine rings is 1. The molecule has 96 valence electrons. The van der Waals surface area contributed by atoms with Gasteiger partial charge in [-0.05, 0) is 6.07 Å². The van der Waals surface area contributed by atoms with Gasteiger partial charge in [0.2, 0.25) is 0 Å². The number of hydrogen-bond acceptors (Lipinski definition) is 4. The first-order chi connectivity index (χ1) is 8.61. The van der Waals surface area contributed by atoms with Gasteiger partial charge in [0, 0.05) is 19.9 Å². The molecular formula is C11H12ClN3O3. The third-order valence-corrected chi connectivity index (χ3v) is 2.66. The third-order valence-electron chi connectivity index (χ3n) is 2.45. The number of aromatic nitrogens is 3. The van der Waals surface area contributed by atoms with E-state index in [1.165, 1.54) is 6.20 Å². The van der Waals surface area contributed by atoms with Crippen molar-refractivity contribution in [3.63, 3.8) is 0 Å². The topological polar surface area (TPSA) is 77.2 Å². The van der Waals surface area contributed by atoms with Gasteiger partial charge in [-0.3, -0.25) is 4.79 Å². The Kier molecular flexibility index (Phi) is 3.78. The molecule has 2 aromatic heterocycles. The van der Waals surface area contributed by atoms with E-state index in [0.29, 0.717) is 35.2 Å². The summed E-state index contributed by atoms with van der Waals surface area (Å²) in [5.74, 6) is -0.224. The zero-order valence-electron chi connectivity index (χ0n) is 9.76. The highest BCUT2D eigenvalue weighted by atomic mass is 35.5. The highest BCUT2D eigenvalue weighted by Gasteiger charge is 2.13. The molecule has 0 aliphatic carbocycles. The van der Waals surface area contributed by atoms with Crippen LogP contribution in [-0.4, -0.2) is 32.7 Å². The lowest BCUT2D eigenvalue weighted by Gasteiger charge is -2.05. The van der Waals surface area contributed by atoms with Crippen molar-refractivity contribution in [1.82, 2.24) is 14.5 Å². The summed E-state index contributed by atoms with van der Waals surface area (Å²) in [6, 6.07) is 1.69. The van der Waals surface area contributed by atoms with Gasteiger partial charge in [-0.2, -0.15) is 0 Å². The number of ether oxygens (including phenoxy) is 1. The molecule has 0 aromatic carbocycles. The number of aliphatic carboxylic acids is 1. The molecule has 0 atom stereocenters. The Bertz CT molecular complexity index is 582. The number of imidazole rings is 1. The van der Waals surface area contributed by atoms with Crippen LogP contribution in [0.4, 0.5) is 0 Å². The van der Waals surface area contributed by atoms with E-state index in [2.05, 4.69) is 9.97 Å². The van der Waals surface area contributed by atoms with Gasteiger partial charge in [0.25, 0.3) is 0 Å². The van der Waals surface area contributed by atoms with E-state index < -0.39 is 5.97 Å². The average Bonchev–Trinajstić information content (AvgIpc) is 2.63. The van der Waals surface area contributed by atoms with Crippen molar-refractivity contribution in [1.29, 1.82) is 0 Å². The second kappa shape index (κ2) is 5.32. The minimum absolute atomic E-state index is 0.00643. The Balaban J connectivity index is 2.44. The maximum Gasteiger partial charge on any atom is 0.305 e. The molecule has 2 rings (SSSR count). The fourth-order valence-corrected chi connectivity index (χ4v) is 1.87. The number of aryl methyl sites for hydroxylation is 1. The van der Waals surface area contributed by atoms with Crippen molar-refractivity contribution in [2.24, 2.45) is 0 Å². The van der Waals surface area contributed by atoms with E-state index >= 15 is 0 Å². The molecule has 6 nitrogen and oxygen atoms in total. The molecule has 0 amide bonds. The van der Waals surface area contributed by atoms with Gasteiger partial charge in [-0.25, -0.2) is 9.97 Å².